The van der Waals surface area contributed by atoms with Crippen LogP contribution in [0.3, 0.4) is 0 Å². The second-order valence-corrected chi connectivity index (χ2v) is 5.04. The van der Waals surface area contributed by atoms with Crippen LogP contribution >= 0.6 is 0 Å². The summed E-state index contributed by atoms with van der Waals surface area (Å²) in [4.78, 5) is 0. The molecule has 0 radical (unpaired) electrons. The quantitative estimate of drug-likeness (QED) is 0.871. The smallest absolute Gasteiger partial charge is 0.125 e. The standard InChI is InChI=1S/C15H23NO2/c1-11-8-13(5-6-16)9-12(2)15(11)18-10-14-4-3-7-17-14/h8-9,14H,3-7,10,16H2,1-2H3. The molecule has 18 heavy (non-hydrogen) atoms. The lowest BCUT2D eigenvalue weighted by molar-refractivity contribution is 0.0675. The van der Waals surface area contributed by atoms with E-state index < -0.39 is 0 Å². The summed E-state index contributed by atoms with van der Waals surface area (Å²) in [5, 5.41) is 0. The molecule has 3 nitrogen and oxygen atoms in total. The Morgan fingerprint density at radius 1 is 1.33 bits per heavy atom. The van der Waals surface area contributed by atoms with E-state index in [-0.39, 0.29) is 6.10 Å². The fraction of sp³-hybridized carbons (Fsp3) is 0.600. The molecule has 100 valence electrons. The highest BCUT2D eigenvalue weighted by molar-refractivity contribution is 5.43. The monoisotopic (exact) mass is 249 g/mol. The lowest BCUT2D eigenvalue weighted by atomic mass is 10.0. The molecule has 1 unspecified atom stereocenters. The van der Waals surface area contributed by atoms with Crippen LogP contribution < -0.4 is 10.5 Å². The summed E-state index contributed by atoms with van der Waals surface area (Å²) in [6.07, 6.45) is 3.46. The maximum atomic E-state index is 5.93. The van der Waals surface area contributed by atoms with Crippen molar-refractivity contribution in [3.63, 3.8) is 0 Å². The van der Waals surface area contributed by atoms with Crippen molar-refractivity contribution in [3.8, 4) is 5.75 Å². The van der Waals surface area contributed by atoms with Crippen molar-refractivity contribution in [2.24, 2.45) is 5.73 Å². The molecule has 2 N–H and O–H groups in total. The number of nitrogens with two attached hydrogens (primary N) is 1. The van der Waals surface area contributed by atoms with E-state index in [2.05, 4.69) is 26.0 Å². The molecule has 1 aliphatic heterocycles. The molecule has 0 aliphatic carbocycles. The zero-order chi connectivity index (χ0) is 13.0. The summed E-state index contributed by atoms with van der Waals surface area (Å²) < 4.78 is 11.5. The summed E-state index contributed by atoms with van der Waals surface area (Å²) in [5.74, 6) is 1.01. The van der Waals surface area contributed by atoms with Gasteiger partial charge in [-0.15, -0.1) is 0 Å². The van der Waals surface area contributed by atoms with Gasteiger partial charge in [-0.25, -0.2) is 0 Å². The first kappa shape index (κ1) is 13.4. The van der Waals surface area contributed by atoms with Crippen LogP contribution in [0.4, 0.5) is 0 Å². The van der Waals surface area contributed by atoms with Gasteiger partial charge in [-0.1, -0.05) is 12.1 Å². The summed E-state index contributed by atoms with van der Waals surface area (Å²) in [6, 6.07) is 4.34. The Morgan fingerprint density at radius 2 is 2.06 bits per heavy atom. The molecule has 1 atom stereocenters. The predicted octanol–water partition coefficient (Wildman–Crippen LogP) is 2.36. The Balaban J connectivity index is 2.02. The Labute approximate surface area is 109 Å². The van der Waals surface area contributed by atoms with Crippen molar-refractivity contribution in [1.82, 2.24) is 0 Å². The van der Waals surface area contributed by atoms with Gasteiger partial charge in [-0.3, -0.25) is 0 Å². The van der Waals surface area contributed by atoms with Crippen LogP contribution in [0, 0.1) is 13.8 Å². The number of benzene rings is 1. The number of ether oxygens (including phenoxy) is 2. The Kier molecular flexibility index (Phi) is 4.61. The van der Waals surface area contributed by atoms with E-state index in [1.165, 1.54) is 16.7 Å². The molecule has 0 amide bonds. The zero-order valence-corrected chi connectivity index (χ0v) is 11.4. The molecule has 2 rings (SSSR count). The molecule has 3 heteroatoms. The van der Waals surface area contributed by atoms with Crippen molar-refractivity contribution in [2.75, 3.05) is 19.8 Å². The topological polar surface area (TPSA) is 44.5 Å². The molecule has 1 heterocycles. The van der Waals surface area contributed by atoms with Crippen molar-refractivity contribution in [1.29, 1.82) is 0 Å². The number of rotatable bonds is 5. The summed E-state index contributed by atoms with van der Waals surface area (Å²) in [5.41, 5.74) is 9.26. The minimum Gasteiger partial charge on any atom is -0.490 e. The normalized spacial score (nSPS) is 19.2. The Morgan fingerprint density at radius 3 is 2.61 bits per heavy atom. The highest BCUT2D eigenvalue weighted by Gasteiger charge is 2.17. The Hall–Kier alpha value is -1.06. The lowest BCUT2D eigenvalue weighted by Crippen LogP contribution is -2.17. The van der Waals surface area contributed by atoms with E-state index in [4.69, 9.17) is 15.2 Å². The largest absolute Gasteiger partial charge is 0.490 e. The van der Waals surface area contributed by atoms with E-state index in [1.807, 2.05) is 0 Å². The first-order chi connectivity index (χ1) is 8.70. The van der Waals surface area contributed by atoms with Gasteiger partial charge < -0.3 is 15.2 Å². The van der Waals surface area contributed by atoms with E-state index in [1.54, 1.807) is 0 Å². The third kappa shape index (κ3) is 3.24. The molecule has 0 bridgehead atoms. The van der Waals surface area contributed by atoms with Gasteiger partial charge in [0.1, 0.15) is 12.4 Å². The van der Waals surface area contributed by atoms with E-state index >= 15 is 0 Å². The molecule has 1 aliphatic rings. The van der Waals surface area contributed by atoms with Gasteiger partial charge in [0.05, 0.1) is 6.10 Å². The minimum atomic E-state index is 0.271. The van der Waals surface area contributed by atoms with Crippen molar-refractivity contribution >= 4 is 0 Å². The molecule has 1 fully saturated rings. The van der Waals surface area contributed by atoms with Crippen molar-refractivity contribution in [2.45, 2.75) is 39.2 Å². The van der Waals surface area contributed by atoms with Crippen LogP contribution in [0.15, 0.2) is 12.1 Å². The fourth-order valence-electron chi connectivity index (χ4n) is 2.53. The van der Waals surface area contributed by atoms with Gasteiger partial charge >= 0.3 is 0 Å². The van der Waals surface area contributed by atoms with Gasteiger partial charge in [0.2, 0.25) is 0 Å². The molecule has 0 spiro atoms. The summed E-state index contributed by atoms with van der Waals surface area (Å²) in [7, 11) is 0. The average molecular weight is 249 g/mol. The van der Waals surface area contributed by atoms with E-state index in [0.717, 1.165) is 31.6 Å². The predicted molar refractivity (Wildman–Crippen MR) is 73.1 cm³/mol. The molecule has 1 aromatic carbocycles. The third-order valence-electron chi connectivity index (χ3n) is 3.39. The second kappa shape index (κ2) is 6.21. The van der Waals surface area contributed by atoms with E-state index in [0.29, 0.717) is 13.2 Å². The highest BCUT2D eigenvalue weighted by atomic mass is 16.5. The highest BCUT2D eigenvalue weighted by Crippen LogP contribution is 2.26. The summed E-state index contributed by atoms with van der Waals surface area (Å²) in [6.45, 7) is 6.42. The van der Waals surface area contributed by atoms with Crippen LogP contribution in [0.25, 0.3) is 0 Å². The maximum absolute atomic E-state index is 5.93. The number of aryl methyl sites for hydroxylation is 2. The van der Waals surface area contributed by atoms with Crippen molar-refractivity contribution in [3.05, 3.63) is 28.8 Å². The molecular formula is C15H23NO2. The first-order valence-electron chi connectivity index (χ1n) is 6.75. The average Bonchev–Trinajstić information content (AvgIpc) is 2.81. The van der Waals surface area contributed by atoms with Gasteiger partial charge in [0.25, 0.3) is 0 Å². The van der Waals surface area contributed by atoms with Crippen molar-refractivity contribution < 1.29 is 9.47 Å². The lowest BCUT2D eigenvalue weighted by Gasteiger charge is -2.16. The van der Waals surface area contributed by atoms with Gasteiger partial charge in [-0.2, -0.15) is 0 Å². The van der Waals surface area contributed by atoms with Crippen LogP contribution in [0.2, 0.25) is 0 Å². The third-order valence-corrected chi connectivity index (χ3v) is 3.39. The van der Waals surface area contributed by atoms with E-state index in [9.17, 15) is 0 Å². The first-order valence-corrected chi connectivity index (χ1v) is 6.75. The molecule has 0 saturated carbocycles. The van der Waals surface area contributed by atoms with Crippen LogP contribution in [-0.2, 0) is 11.2 Å². The summed E-state index contributed by atoms with van der Waals surface area (Å²) >= 11 is 0. The van der Waals surface area contributed by atoms with Gasteiger partial charge in [0.15, 0.2) is 0 Å². The molecular weight excluding hydrogens is 226 g/mol. The van der Waals surface area contributed by atoms with Gasteiger partial charge in [-0.05, 0) is 56.3 Å². The maximum Gasteiger partial charge on any atom is 0.125 e. The van der Waals surface area contributed by atoms with Crippen LogP contribution in [-0.4, -0.2) is 25.9 Å². The number of hydrogen-bond acceptors (Lipinski definition) is 3. The second-order valence-electron chi connectivity index (χ2n) is 5.04. The van der Waals surface area contributed by atoms with Crippen LogP contribution in [0.5, 0.6) is 5.75 Å². The zero-order valence-electron chi connectivity index (χ0n) is 11.4. The SMILES string of the molecule is Cc1cc(CCN)cc(C)c1OCC1CCCO1. The fourth-order valence-corrected chi connectivity index (χ4v) is 2.53. The molecule has 1 saturated heterocycles. The van der Waals surface area contributed by atoms with Gasteiger partial charge in [0, 0.05) is 6.61 Å². The minimum absolute atomic E-state index is 0.271. The Bertz CT molecular complexity index is 374. The molecule has 0 aromatic heterocycles. The molecule has 1 aromatic rings. The number of hydrogen-bond donors (Lipinski definition) is 1. The van der Waals surface area contributed by atoms with Crippen LogP contribution in [0.1, 0.15) is 29.5 Å².